The molecule has 0 spiro atoms. The fourth-order valence-corrected chi connectivity index (χ4v) is 5.42. The molecule has 0 bridgehead atoms. The van der Waals surface area contributed by atoms with Crippen LogP contribution in [0.2, 0.25) is 0 Å². The number of rotatable bonds is 10. The maximum atomic E-state index is 13.5. The number of carbonyl (C=O) groups is 2. The van der Waals surface area contributed by atoms with Gasteiger partial charge in [0.05, 0.1) is 35.0 Å². The van der Waals surface area contributed by atoms with Gasteiger partial charge in [-0.1, -0.05) is 30.3 Å². The van der Waals surface area contributed by atoms with E-state index in [9.17, 15) is 18.0 Å². The summed E-state index contributed by atoms with van der Waals surface area (Å²) in [5.74, 6) is -0.435. The second-order valence-electron chi connectivity index (χ2n) is 8.46. The highest BCUT2D eigenvalue weighted by Gasteiger charge is 2.28. The number of benzene rings is 3. The van der Waals surface area contributed by atoms with Crippen LogP contribution >= 0.6 is 0 Å². The lowest BCUT2D eigenvalue weighted by molar-refractivity contribution is -0.114. The van der Waals surface area contributed by atoms with E-state index < -0.39 is 22.5 Å². The average Bonchev–Trinajstić information content (AvgIpc) is 3.45. The standard InChI is InChI=1S/C27H29N3O6S/c1-35-21-13-15-23(16-14-21)37(33,34)30(20-8-3-2-4-9-20)19-26(31)29-25-12-6-5-11-24(25)27(32)28-18-22-10-7-17-36-22/h2-6,8-9,11-16,22H,7,10,17-19H2,1H3,(H,28,32)(H,29,31)/t22-/m0/s1. The fraction of sp³-hybridized carbons (Fsp3) is 0.259. The highest BCUT2D eigenvalue weighted by Crippen LogP contribution is 2.25. The predicted octanol–water partition coefficient (Wildman–Crippen LogP) is 3.44. The SMILES string of the molecule is COc1ccc(S(=O)(=O)N(CC(=O)Nc2ccccc2C(=O)NC[C@@H]2CCCO2)c2ccccc2)cc1. The van der Waals surface area contributed by atoms with Gasteiger partial charge >= 0.3 is 0 Å². The second-order valence-corrected chi connectivity index (χ2v) is 10.3. The van der Waals surface area contributed by atoms with Crippen molar-refractivity contribution < 1.29 is 27.5 Å². The summed E-state index contributed by atoms with van der Waals surface area (Å²) in [6, 6.07) is 20.9. The van der Waals surface area contributed by atoms with E-state index in [0.717, 1.165) is 17.1 Å². The van der Waals surface area contributed by atoms with Crippen LogP contribution in [-0.2, 0) is 19.6 Å². The zero-order valence-corrected chi connectivity index (χ0v) is 21.2. The molecule has 1 heterocycles. The molecule has 37 heavy (non-hydrogen) atoms. The quantitative estimate of drug-likeness (QED) is 0.421. The molecule has 2 amide bonds. The Balaban J connectivity index is 1.53. The van der Waals surface area contributed by atoms with Crippen LogP contribution in [0, 0.1) is 0 Å². The van der Waals surface area contributed by atoms with Crippen LogP contribution in [0.15, 0.2) is 83.8 Å². The Morgan fingerprint density at radius 2 is 1.70 bits per heavy atom. The van der Waals surface area contributed by atoms with Crippen LogP contribution < -0.4 is 19.7 Å². The molecule has 2 N–H and O–H groups in total. The molecular weight excluding hydrogens is 494 g/mol. The minimum atomic E-state index is -4.09. The zero-order chi connectivity index (χ0) is 26.3. The summed E-state index contributed by atoms with van der Waals surface area (Å²) >= 11 is 0. The summed E-state index contributed by atoms with van der Waals surface area (Å²) < 4.78 is 38.8. The number of para-hydroxylation sites is 2. The van der Waals surface area contributed by atoms with Crippen molar-refractivity contribution in [1.29, 1.82) is 0 Å². The first kappa shape index (κ1) is 26.2. The summed E-state index contributed by atoms with van der Waals surface area (Å²) in [6.45, 7) is 0.567. The first-order chi connectivity index (χ1) is 17.9. The van der Waals surface area contributed by atoms with E-state index >= 15 is 0 Å². The summed E-state index contributed by atoms with van der Waals surface area (Å²) in [4.78, 5) is 25.9. The van der Waals surface area contributed by atoms with Crippen LogP contribution in [0.5, 0.6) is 5.75 Å². The summed E-state index contributed by atoms with van der Waals surface area (Å²) in [6.07, 6.45) is 1.83. The lowest BCUT2D eigenvalue weighted by atomic mass is 10.1. The summed E-state index contributed by atoms with van der Waals surface area (Å²) in [7, 11) is -2.60. The Morgan fingerprint density at radius 1 is 1.00 bits per heavy atom. The van der Waals surface area contributed by atoms with Crippen molar-refractivity contribution in [2.75, 3.05) is 36.4 Å². The normalized spacial score (nSPS) is 15.1. The van der Waals surface area contributed by atoms with Crippen molar-refractivity contribution in [2.45, 2.75) is 23.8 Å². The summed E-state index contributed by atoms with van der Waals surface area (Å²) in [5, 5.41) is 5.55. The van der Waals surface area contributed by atoms with Gasteiger partial charge in [0.2, 0.25) is 5.91 Å². The average molecular weight is 524 g/mol. The molecule has 3 aromatic rings. The van der Waals surface area contributed by atoms with Crippen molar-refractivity contribution in [3.05, 3.63) is 84.4 Å². The number of anilines is 2. The molecule has 194 valence electrons. The van der Waals surface area contributed by atoms with Gasteiger partial charge in [-0.05, 0) is 61.4 Å². The number of nitrogens with zero attached hydrogens (tertiary/aromatic N) is 1. The van der Waals surface area contributed by atoms with Crippen molar-refractivity contribution in [3.8, 4) is 5.75 Å². The second kappa shape index (κ2) is 11.9. The van der Waals surface area contributed by atoms with Crippen LogP contribution in [0.1, 0.15) is 23.2 Å². The number of ether oxygens (including phenoxy) is 2. The number of nitrogens with one attached hydrogen (secondary N) is 2. The van der Waals surface area contributed by atoms with Gasteiger partial charge in [0.25, 0.3) is 15.9 Å². The smallest absolute Gasteiger partial charge is 0.264 e. The van der Waals surface area contributed by atoms with E-state index in [1.54, 1.807) is 66.7 Å². The third kappa shape index (κ3) is 6.46. The molecule has 1 aliphatic rings. The zero-order valence-electron chi connectivity index (χ0n) is 20.4. The van der Waals surface area contributed by atoms with Gasteiger partial charge < -0.3 is 20.1 Å². The molecule has 1 atom stereocenters. The lowest BCUT2D eigenvalue weighted by Crippen LogP contribution is -2.38. The Kier molecular flexibility index (Phi) is 8.42. The highest BCUT2D eigenvalue weighted by atomic mass is 32.2. The third-order valence-corrected chi connectivity index (χ3v) is 7.73. The van der Waals surface area contributed by atoms with Gasteiger partial charge in [0.1, 0.15) is 12.3 Å². The number of hydrogen-bond acceptors (Lipinski definition) is 6. The van der Waals surface area contributed by atoms with E-state index in [1.165, 1.54) is 19.2 Å². The minimum Gasteiger partial charge on any atom is -0.497 e. The van der Waals surface area contributed by atoms with Gasteiger partial charge in [0.15, 0.2) is 0 Å². The first-order valence-electron chi connectivity index (χ1n) is 11.9. The van der Waals surface area contributed by atoms with Gasteiger partial charge in [-0.3, -0.25) is 13.9 Å². The number of sulfonamides is 1. The maximum Gasteiger partial charge on any atom is 0.264 e. The molecule has 0 saturated carbocycles. The minimum absolute atomic E-state index is 0.0128. The summed E-state index contributed by atoms with van der Waals surface area (Å²) in [5.41, 5.74) is 0.890. The van der Waals surface area contributed by atoms with E-state index in [1.807, 2.05) is 0 Å². The topological polar surface area (TPSA) is 114 Å². The number of hydrogen-bond donors (Lipinski definition) is 2. The van der Waals surface area contributed by atoms with Gasteiger partial charge in [-0.2, -0.15) is 0 Å². The maximum absolute atomic E-state index is 13.5. The molecule has 10 heteroatoms. The molecule has 9 nitrogen and oxygen atoms in total. The van der Waals surface area contributed by atoms with Crippen molar-refractivity contribution in [1.82, 2.24) is 5.32 Å². The molecule has 1 fully saturated rings. The Labute approximate surface area is 216 Å². The van der Waals surface area contributed by atoms with Gasteiger partial charge in [-0.25, -0.2) is 8.42 Å². The lowest BCUT2D eigenvalue weighted by Gasteiger charge is -2.24. The van der Waals surface area contributed by atoms with Crippen LogP contribution in [0.25, 0.3) is 0 Å². The van der Waals surface area contributed by atoms with Gasteiger partial charge in [-0.15, -0.1) is 0 Å². The Hall–Kier alpha value is -3.89. The predicted molar refractivity (Wildman–Crippen MR) is 140 cm³/mol. The van der Waals surface area contributed by atoms with E-state index in [0.29, 0.717) is 24.6 Å². The third-order valence-electron chi connectivity index (χ3n) is 5.94. The molecule has 1 saturated heterocycles. The molecular formula is C27H29N3O6S. The monoisotopic (exact) mass is 523 g/mol. The van der Waals surface area contributed by atoms with Crippen LogP contribution in [0.4, 0.5) is 11.4 Å². The van der Waals surface area contributed by atoms with E-state index in [-0.39, 0.29) is 28.2 Å². The van der Waals surface area contributed by atoms with E-state index in [2.05, 4.69) is 10.6 Å². The van der Waals surface area contributed by atoms with Crippen molar-refractivity contribution in [3.63, 3.8) is 0 Å². The molecule has 0 aromatic heterocycles. The fourth-order valence-electron chi connectivity index (χ4n) is 4.00. The van der Waals surface area contributed by atoms with Crippen LogP contribution in [-0.4, -0.2) is 53.1 Å². The van der Waals surface area contributed by atoms with E-state index in [4.69, 9.17) is 9.47 Å². The molecule has 0 unspecified atom stereocenters. The Bertz CT molecular complexity index is 1320. The number of amides is 2. The molecule has 0 radical (unpaired) electrons. The number of methoxy groups -OCH3 is 1. The van der Waals surface area contributed by atoms with Crippen LogP contribution in [0.3, 0.4) is 0 Å². The molecule has 4 rings (SSSR count). The molecule has 1 aliphatic heterocycles. The largest absolute Gasteiger partial charge is 0.497 e. The van der Waals surface area contributed by atoms with Crippen molar-refractivity contribution >= 4 is 33.2 Å². The Morgan fingerprint density at radius 3 is 2.38 bits per heavy atom. The highest BCUT2D eigenvalue weighted by molar-refractivity contribution is 7.92. The van der Waals surface area contributed by atoms with Crippen molar-refractivity contribution in [2.24, 2.45) is 0 Å². The molecule has 0 aliphatic carbocycles. The molecule has 3 aromatic carbocycles. The first-order valence-corrected chi connectivity index (χ1v) is 13.3. The number of carbonyl (C=O) groups excluding carboxylic acids is 2. The van der Waals surface area contributed by atoms with Gasteiger partial charge in [0, 0.05) is 13.2 Å².